The van der Waals surface area contributed by atoms with Gasteiger partial charge in [-0.15, -0.1) is 0 Å². The summed E-state index contributed by atoms with van der Waals surface area (Å²) < 4.78 is 44.4. The summed E-state index contributed by atoms with van der Waals surface area (Å²) in [6.07, 6.45) is 0. The molecular weight excluding hydrogens is 596 g/mol. The average Bonchev–Trinajstić information content (AvgIpc) is 3.01. The number of benzene rings is 1. The molecule has 246 valence electrons. The minimum Gasteiger partial charge on any atom is -0.490 e. The quantitative estimate of drug-likeness (QED) is 0.147. The maximum Gasteiger partial charge on any atom is 0.316 e. The van der Waals surface area contributed by atoms with E-state index < -0.39 is 0 Å². The Balaban J connectivity index is 1.23. The van der Waals surface area contributed by atoms with Gasteiger partial charge in [0.15, 0.2) is 0 Å². The summed E-state index contributed by atoms with van der Waals surface area (Å²) in [5, 5.41) is 19.3. The highest BCUT2D eigenvalue weighted by molar-refractivity contribution is 5.60. The number of aromatic nitrogens is 4. The third kappa shape index (κ3) is 13.2. The van der Waals surface area contributed by atoms with Gasteiger partial charge in [-0.1, -0.05) is 0 Å². The summed E-state index contributed by atoms with van der Waals surface area (Å²) in [4.78, 5) is 16.8. The molecule has 1 aromatic carbocycles. The van der Waals surface area contributed by atoms with Gasteiger partial charge in [0.2, 0.25) is 0 Å². The fraction of sp³-hybridized carbons (Fsp3) is 0.500. The first kappa shape index (κ1) is 35.9. The zero-order chi connectivity index (χ0) is 33.0. The van der Waals surface area contributed by atoms with Crippen LogP contribution in [0.15, 0.2) is 24.3 Å². The SMILES string of the molecule is Cc1cc(C)nc(OCCOCCOCCOc2ccc(OCCOCCOCCOc3nc(C)cc(C)n3)c(C#N)c2C#N)n1. The molecule has 3 aromatic rings. The van der Waals surface area contributed by atoms with E-state index in [2.05, 4.69) is 19.9 Å². The van der Waals surface area contributed by atoms with E-state index in [0.717, 1.165) is 22.8 Å². The molecule has 0 spiro atoms. The molecule has 0 saturated heterocycles. The second-order valence-corrected chi connectivity index (χ2v) is 9.75. The summed E-state index contributed by atoms with van der Waals surface area (Å²) in [5.74, 6) is 0.553. The van der Waals surface area contributed by atoms with Crippen LogP contribution >= 0.6 is 0 Å². The maximum atomic E-state index is 9.66. The van der Waals surface area contributed by atoms with Crippen molar-refractivity contribution in [3.63, 3.8) is 0 Å². The standard InChI is InChI=1S/C32H40N6O8/c1-23-19-24(2)36-31(35-23)45-17-13-41-9-7-39-11-15-43-29-5-6-30(28(22-34)27(29)21-33)44-16-12-40-8-10-42-14-18-46-32-37-25(3)20-26(4)38-32/h5-6,19-20H,7-18H2,1-4H3. The predicted molar refractivity (Wildman–Crippen MR) is 164 cm³/mol. The molecule has 0 N–H and O–H groups in total. The lowest BCUT2D eigenvalue weighted by Crippen LogP contribution is -2.15. The fourth-order valence-corrected chi connectivity index (χ4v) is 3.99. The Kier molecular flexibility index (Phi) is 15.9. The van der Waals surface area contributed by atoms with Crippen molar-refractivity contribution in [2.24, 2.45) is 0 Å². The Morgan fingerprint density at radius 2 is 0.739 bits per heavy atom. The molecule has 0 fully saturated rings. The highest BCUT2D eigenvalue weighted by atomic mass is 16.6. The lowest BCUT2D eigenvalue weighted by atomic mass is 10.1. The van der Waals surface area contributed by atoms with E-state index in [9.17, 15) is 10.5 Å². The third-order valence-corrected chi connectivity index (χ3v) is 5.91. The first-order valence-corrected chi connectivity index (χ1v) is 14.8. The normalized spacial score (nSPS) is 10.7. The lowest BCUT2D eigenvalue weighted by Gasteiger charge is -2.13. The van der Waals surface area contributed by atoms with Crippen LogP contribution in [0.4, 0.5) is 0 Å². The Hall–Kier alpha value is -4.60. The number of aryl methyl sites for hydroxylation is 4. The van der Waals surface area contributed by atoms with Crippen molar-refractivity contribution in [3.05, 3.63) is 58.2 Å². The molecule has 0 aliphatic rings. The van der Waals surface area contributed by atoms with Crippen LogP contribution in [0.25, 0.3) is 0 Å². The highest BCUT2D eigenvalue weighted by Crippen LogP contribution is 2.29. The minimum absolute atomic E-state index is 0.0962. The van der Waals surface area contributed by atoms with Gasteiger partial charge < -0.3 is 37.9 Å². The fourth-order valence-electron chi connectivity index (χ4n) is 3.99. The number of nitrogens with zero attached hydrogens (tertiary/aromatic N) is 6. The summed E-state index contributed by atoms with van der Waals surface area (Å²) in [6.45, 7) is 11.3. The van der Waals surface area contributed by atoms with Gasteiger partial charge >= 0.3 is 12.0 Å². The van der Waals surface area contributed by atoms with E-state index in [1.807, 2.05) is 52.0 Å². The van der Waals surface area contributed by atoms with Crippen molar-refractivity contribution in [2.75, 3.05) is 79.3 Å². The summed E-state index contributed by atoms with van der Waals surface area (Å²) in [7, 11) is 0. The van der Waals surface area contributed by atoms with Crippen LogP contribution in [0.5, 0.6) is 23.5 Å². The van der Waals surface area contributed by atoms with Gasteiger partial charge in [0.25, 0.3) is 0 Å². The van der Waals surface area contributed by atoms with Crippen molar-refractivity contribution >= 4 is 0 Å². The average molecular weight is 637 g/mol. The smallest absolute Gasteiger partial charge is 0.316 e. The van der Waals surface area contributed by atoms with Crippen LogP contribution < -0.4 is 18.9 Å². The third-order valence-electron chi connectivity index (χ3n) is 5.91. The van der Waals surface area contributed by atoms with Crippen LogP contribution in [0.2, 0.25) is 0 Å². The van der Waals surface area contributed by atoms with Gasteiger partial charge in [-0.05, 0) is 52.0 Å². The number of rotatable bonds is 22. The van der Waals surface area contributed by atoms with Crippen molar-refractivity contribution in [2.45, 2.75) is 27.7 Å². The zero-order valence-electron chi connectivity index (χ0n) is 26.7. The molecule has 0 unspecified atom stereocenters. The van der Waals surface area contributed by atoms with E-state index in [4.69, 9.17) is 37.9 Å². The number of hydrogen-bond donors (Lipinski definition) is 0. The molecule has 0 radical (unpaired) electrons. The summed E-state index contributed by atoms with van der Waals surface area (Å²) in [6, 6.07) is 11.7. The van der Waals surface area contributed by atoms with Gasteiger partial charge in [0.05, 0.1) is 52.9 Å². The van der Waals surface area contributed by atoms with Crippen LogP contribution in [-0.4, -0.2) is 99.2 Å². The Morgan fingerprint density at radius 3 is 1.04 bits per heavy atom. The van der Waals surface area contributed by atoms with Gasteiger partial charge in [-0.25, -0.2) is 19.9 Å². The molecule has 0 aliphatic carbocycles. The van der Waals surface area contributed by atoms with E-state index in [1.54, 1.807) is 12.1 Å². The molecule has 2 aromatic heterocycles. The number of nitriles is 2. The van der Waals surface area contributed by atoms with E-state index in [-0.39, 0.29) is 49.1 Å². The van der Waals surface area contributed by atoms with Crippen molar-refractivity contribution < 1.29 is 37.9 Å². The van der Waals surface area contributed by atoms with Crippen molar-refractivity contribution in [1.82, 2.24) is 19.9 Å². The van der Waals surface area contributed by atoms with Gasteiger partial charge in [-0.3, -0.25) is 0 Å². The van der Waals surface area contributed by atoms with Gasteiger partial charge in [-0.2, -0.15) is 10.5 Å². The first-order chi connectivity index (χ1) is 22.4. The molecule has 0 saturated carbocycles. The Bertz CT molecular complexity index is 1310. The molecule has 0 atom stereocenters. The summed E-state index contributed by atoms with van der Waals surface area (Å²) in [5.41, 5.74) is 3.57. The largest absolute Gasteiger partial charge is 0.490 e. The molecule has 2 heterocycles. The van der Waals surface area contributed by atoms with Gasteiger partial charge in [0.1, 0.15) is 61.2 Å². The van der Waals surface area contributed by atoms with Crippen LogP contribution in [-0.2, 0) is 18.9 Å². The van der Waals surface area contributed by atoms with Crippen LogP contribution in [0.1, 0.15) is 33.9 Å². The van der Waals surface area contributed by atoms with E-state index >= 15 is 0 Å². The van der Waals surface area contributed by atoms with Crippen LogP contribution in [0, 0.1) is 50.4 Å². The molecule has 3 rings (SSSR count). The second-order valence-electron chi connectivity index (χ2n) is 9.75. The topological polar surface area (TPSA) is 173 Å². The number of hydrogen-bond acceptors (Lipinski definition) is 14. The zero-order valence-corrected chi connectivity index (χ0v) is 26.7. The Labute approximate surface area is 269 Å². The molecule has 0 amide bonds. The maximum absolute atomic E-state index is 9.66. The van der Waals surface area contributed by atoms with Crippen LogP contribution in [0.3, 0.4) is 0 Å². The van der Waals surface area contributed by atoms with E-state index in [0.29, 0.717) is 64.9 Å². The molecule has 14 nitrogen and oxygen atoms in total. The second kappa shape index (κ2) is 20.4. The molecule has 46 heavy (non-hydrogen) atoms. The highest BCUT2D eigenvalue weighted by Gasteiger charge is 2.15. The lowest BCUT2D eigenvalue weighted by molar-refractivity contribution is 0.0261. The molecule has 0 aliphatic heterocycles. The molecule has 0 bridgehead atoms. The minimum atomic E-state index is 0.0962. The molecular formula is C32H40N6O8. The van der Waals surface area contributed by atoms with Crippen molar-refractivity contribution in [3.8, 4) is 35.7 Å². The molecule has 14 heteroatoms. The van der Waals surface area contributed by atoms with E-state index in [1.165, 1.54) is 0 Å². The number of ether oxygens (including phenoxy) is 8. The predicted octanol–water partition coefficient (Wildman–Crippen LogP) is 3.23. The Morgan fingerprint density at radius 1 is 0.457 bits per heavy atom. The van der Waals surface area contributed by atoms with Gasteiger partial charge in [0, 0.05) is 22.8 Å². The monoisotopic (exact) mass is 636 g/mol. The summed E-state index contributed by atoms with van der Waals surface area (Å²) >= 11 is 0. The first-order valence-electron chi connectivity index (χ1n) is 14.8. The van der Waals surface area contributed by atoms with Crippen molar-refractivity contribution in [1.29, 1.82) is 10.5 Å².